The van der Waals surface area contributed by atoms with E-state index in [1.807, 2.05) is 0 Å². The zero-order chi connectivity index (χ0) is 17.8. The van der Waals surface area contributed by atoms with Crippen molar-refractivity contribution in [2.75, 3.05) is 0 Å². The van der Waals surface area contributed by atoms with Crippen LogP contribution in [0.2, 0.25) is 0 Å². The summed E-state index contributed by atoms with van der Waals surface area (Å²) in [5.74, 6) is 0. The zero-order valence-electron chi connectivity index (χ0n) is 16.3. The van der Waals surface area contributed by atoms with Gasteiger partial charge in [-0.05, 0) is 28.6 Å². The van der Waals surface area contributed by atoms with Crippen molar-refractivity contribution in [3.05, 3.63) is 35.4 Å². The van der Waals surface area contributed by atoms with Crippen LogP contribution < -0.4 is 0 Å². The van der Waals surface area contributed by atoms with Crippen molar-refractivity contribution in [2.45, 2.75) is 90.3 Å². The molecule has 1 aromatic rings. The Morgan fingerprint density at radius 3 is 1.78 bits per heavy atom. The van der Waals surface area contributed by atoms with E-state index < -0.39 is 7.14 Å². The van der Waals surface area contributed by atoms with Gasteiger partial charge in [0.15, 0.2) is 0 Å². The summed E-state index contributed by atoms with van der Waals surface area (Å²) < 4.78 is 13.3. The van der Waals surface area contributed by atoms with Gasteiger partial charge in [-0.25, -0.2) is 0 Å². The topological polar surface area (TPSA) is 17.1 Å². The molecule has 0 aliphatic heterocycles. The molecule has 0 N–H and O–H groups in total. The summed E-state index contributed by atoms with van der Waals surface area (Å²) in [7, 11) is -2.17. The third-order valence-corrected chi connectivity index (χ3v) is 12.6. The summed E-state index contributed by atoms with van der Waals surface area (Å²) in [5, 5.41) is 0. The quantitative estimate of drug-likeness (QED) is 0.452. The molecule has 0 radical (unpaired) electrons. The van der Waals surface area contributed by atoms with Gasteiger partial charge in [0.25, 0.3) is 0 Å². The van der Waals surface area contributed by atoms with Gasteiger partial charge in [0, 0.05) is 17.5 Å². The molecule has 3 heteroatoms. The second kappa shape index (κ2) is 8.82. The van der Waals surface area contributed by atoms with Crippen molar-refractivity contribution in [3.63, 3.8) is 0 Å². The normalized spacial score (nSPS) is 13.1. The minimum absolute atomic E-state index is 0.00562. The monoisotopic (exact) mass is 354 g/mol. The maximum Gasteiger partial charge on any atom is 0.0966 e. The lowest BCUT2D eigenvalue weighted by Crippen LogP contribution is -2.11. The first-order chi connectivity index (χ1) is 10.6. The number of hydrogen-bond acceptors (Lipinski definition) is 1. The Kier molecular flexibility index (Phi) is 8.03. The fraction of sp³-hybridized carbons (Fsp3) is 0.700. The predicted octanol–water partition coefficient (Wildman–Crippen LogP) is 7.17. The molecule has 0 fully saturated rings. The highest BCUT2D eigenvalue weighted by atomic mass is 31.2. The highest BCUT2D eigenvalue weighted by molar-refractivity contribution is 7.64. The second-order valence-corrected chi connectivity index (χ2v) is 15.4. The van der Waals surface area contributed by atoms with Gasteiger partial charge >= 0.3 is 0 Å². The molecule has 0 unspecified atom stereocenters. The van der Waals surface area contributed by atoms with Gasteiger partial charge in [-0.3, -0.25) is 0 Å². The van der Waals surface area contributed by atoms with Crippen molar-refractivity contribution in [1.29, 1.82) is 0 Å². The van der Waals surface area contributed by atoms with Crippen molar-refractivity contribution in [2.24, 2.45) is 0 Å². The maximum atomic E-state index is 13.3. The molecule has 0 heterocycles. The summed E-state index contributed by atoms with van der Waals surface area (Å²) in [5.41, 5.74) is 4.71. The van der Waals surface area contributed by atoms with Gasteiger partial charge in [0.1, 0.15) is 0 Å². The third-order valence-electron chi connectivity index (χ3n) is 4.86. The van der Waals surface area contributed by atoms with Gasteiger partial charge < -0.3 is 4.57 Å². The van der Waals surface area contributed by atoms with Crippen LogP contribution in [0.4, 0.5) is 0 Å². The molecule has 23 heavy (non-hydrogen) atoms. The maximum absolute atomic E-state index is 13.3. The molecule has 0 aliphatic rings. The number of rotatable bonds is 8. The van der Waals surface area contributed by atoms with Crippen molar-refractivity contribution in [1.82, 2.24) is 0 Å². The van der Waals surface area contributed by atoms with Crippen molar-refractivity contribution >= 4 is 15.1 Å². The van der Waals surface area contributed by atoms with Crippen LogP contribution in [0.1, 0.15) is 66.5 Å². The molecule has 0 saturated carbocycles. The summed E-state index contributed by atoms with van der Waals surface area (Å²) >= 11 is 0. The lowest BCUT2D eigenvalue weighted by Gasteiger charge is -2.27. The lowest BCUT2D eigenvalue weighted by atomic mass is 10.2. The molecule has 0 aliphatic carbocycles. The van der Waals surface area contributed by atoms with Crippen LogP contribution in [0.15, 0.2) is 24.3 Å². The Bertz CT molecular complexity index is 512. The SMILES string of the molecule is CC(C)P(Cc1cccc(CP(=O)(C(C)C)C(C)C)c1)C(C)C. The van der Waals surface area contributed by atoms with E-state index in [1.165, 1.54) is 17.3 Å². The van der Waals surface area contributed by atoms with Gasteiger partial charge in [-0.1, -0.05) is 87.6 Å². The molecule has 0 aromatic heterocycles. The number of benzene rings is 1. The van der Waals surface area contributed by atoms with Crippen LogP contribution in [0.25, 0.3) is 0 Å². The van der Waals surface area contributed by atoms with E-state index in [4.69, 9.17) is 0 Å². The van der Waals surface area contributed by atoms with E-state index in [-0.39, 0.29) is 19.2 Å². The molecule has 132 valence electrons. The zero-order valence-corrected chi connectivity index (χ0v) is 18.1. The predicted molar refractivity (Wildman–Crippen MR) is 109 cm³/mol. The van der Waals surface area contributed by atoms with E-state index in [9.17, 15) is 4.57 Å². The first-order valence-corrected chi connectivity index (χ1v) is 12.7. The Morgan fingerprint density at radius 2 is 1.35 bits per heavy atom. The Labute approximate surface area is 145 Å². The number of hydrogen-bond donors (Lipinski definition) is 0. The van der Waals surface area contributed by atoms with Crippen LogP contribution in [0, 0.1) is 0 Å². The fourth-order valence-corrected chi connectivity index (χ4v) is 8.48. The first kappa shape index (κ1) is 20.9. The van der Waals surface area contributed by atoms with E-state index in [0.29, 0.717) is 0 Å². The second-order valence-electron chi connectivity index (χ2n) is 7.88. The van der Waals surface area contributed by atoms with E-state index >= 15 is 0 Å². The molecule has 0 amide bonds. The highest BCUT2D eigenvalue weighted by Crippen LogP contribution is 2.57. The summed E-state index contributed by atoms with van der Waals surface area (Å²) in [4.78, 5) is 0. The summed E-state index contributed by atoms with van der Waals surface area (Å²) in [6.07, 6.45) is 1.93. The van der Waals surface area contributed by atoms with E-state index in [0.717, 1.165) is 17.5 Å². The third kappa shape index (κ3) is 5.72. The Hall–Kier alpha value is -0.120. The van der Waals surface area contributed by atoms with Crippen LogP contribution in [-0.2, 0) is 16.9 Å². The van der Waals surface area contributed by atoms with Crippen molar-refractivity contribution < 1.29 is 4.57 Å². The molecule has 0 bridgehead atoms. The molecular weight excluding hydrogens is 318 g/mol. The first-order valence-electron chi connectivity index (χ1n) is 9.00. The van der Waals surface area contributed by atoms with Crippen LogP contribution >= 0.6 is 15.1 Å². The van der Waals surface area contributed by atoms with Gasteiger partial charge in [-0.15, -0.1) is 0 Å². The van der Waals surface area contributed by atoms with Gasteiger partial charge in [-0.2, -0.15) is 0 Å². The molecule has 0 saturated heterocycles. The van der Waals surface area contributed by atoms with E-state index in [2.05, 4.69) is 79.7 Å². The summed E-state index contributed by atoms with van der Waals surface area (Å²) in [6.45, 7) is 17.8. The minimum atomic E-state index is -2.17. The van der Waals surface area contributed by atoms with Crippen molar-refractivity contribution in [3.8, 4) is 0 Å². The fourth-order valence-electron chi connectivity index (χ4n) is 3.25. The van der Waals surface area contributed by atoms with Crippen LogP contribution in [-0.4, -0.2) is 22.6 Å². The molecular formula is C20H36OP2. The molecule has 1 aromatic carbocycles. The molecule has 0 atom stereocenters. The minimum Gasteiger partial charge on any atom is -0.323 e. The lowest BCUT2D eigenvalue weighted by molar-refractivity contribution is 0.560. The van der Waals surface area contributed by atoms with Gasteiger partial charge in [0.05, 0.1) is 7.14 Å². The smallest absolute Gasteiger partial charge is 0.0966 e. The van der Waals surface area contributed by atoms with Crippen LogP contribution in [0.3, 0.4) is 0 Å². The molecule has 1 rings (SSSR count). The van der Waals surface area contributed by atoms with Gasteiger partial charge in [0.2, 0.25) is 0 Å². The van der Waals surface area contributed by atoms with E-state index in [1.54, 1.807) is 0 Å². The standard InChI is InChI=1S/C20H36OP2/c1-15(2)22(16(3)4)13-19-10-9-11-20(12-19)14-23(21,17(5)6)18(7)8/h9-12,15-18H,13-14H2,1-8H3. The Balaban J connectivity index is 2.99. The highest BCUT2D eigenvalue weighted by Gasteiger charge is 2.30. The summed E-state index contributed by atoms with van der Waals surface area (Å²) in [6, 6.07) is 8.88. The van der Waals surface area contributed by atoms with Crippen LogP contribution in [0.5, 0.6) is 0 Å². The molecule has 1 nitrogen and oxygen atoms in total. The molecule has 0 spiro atoms. The average molecular weight is 354 g/mol. The Morgan fingerprint density at radius 1 is 0.870 bits per heavy atom. The average Bonchev–Trinajstić information content (AvgIpc) is 2.43. The largest absolute Gasteiger partial charge is 0.323 e.